The molecule has 92 valence electrons. The number of nitrogens with two attached hydrogens (primary N) is 1. The zero-order chi connectivity index (χ0) is 12.5. The van der Waals surface area contributed by atoms with Crippen LogP contribution >= 0.6 is 0 Å². The summed E-state index contributed by atoms with van der Waals surface area (Å²) in [6.07, 6.45) is 3.07. The third kappa shape index (κ3) is 1.78. The van der Waals surface area contributed by atoms with Gasteiger partial charge in [-0.2, -0.15) is 5.10 Å². The molecule has 1 aromatic heterocycles. The average Bonchev–Trinajstić information content (AvgIpc) is 2.86. The van der Waals surface area contributed by atoms with Crippen LogP contribution in [0.2, 0.25) is 0 Å². The predicted molar refractivity (Wildman–Crippen MR) is 68.9 cm³/mol. The monoisotopic (exact) mass is 242 g/mol. The highest BCUT2D eigenvalue weighted by Gasteiger charge is 2.16. The van der Waals surface area contributed by atoms with Crippen molar-refractivity contribution in [1.82, 2.24) is 10.2 Å². The standard InChI is InChI=1S/C13H14N4O/c14-6-10-7-15-17-13(10)9-1-3-11-8(5-9)2-4-12(18)16-11/h1,3,5,7H,2,4,6,14H2,(H,15,17)(H,16,18). The van der Waals surface area contributed by atoms with Crippen LogP contribution in [0.4, 0.5) is 5.69 Å². The van der Waals surface area contributed by atoms with E-state index in [0.29, 0.717) is 13.0 Å². The molecule has 1 amide bonds. The van der Waals surface area contributed by atoms with Gasteiger partial charge in [-0.1, -0.05) is 6.07 Å². The van der Waals surface area contributed by atoms with E-state index in [1.54, 1.807) is 6.20 Å². The number of carbonyl (C=O) groups excluding carboxylic acids is 1. The number of amides is 1. The van der Waals surface area contributed by atoms with Gasteiger partial charge in [0, 0.05) is 29.8 Å². The van der Waals surface area contributed by atoms with Crippen LogP contribution in [-0.2, 0) is 17.8 Å². The first-order chi connectivity index (χ1) is 8.78. The number of nitrogens with one attached hydrogen (secondary N) is 2. The van der Waals surface area contributed by atoms with Gasteiger partial charge < -0.3 is 11.1 Å². The number of benzene rings is 1. The largest absolute Gasteiger partial charge is 0.326 e. The molecule has 0 bridgehead atoms. The van der Waals surface area contributed by atoms with E-state index in [9.17, 15) is 4.79 Å². The Kier molecular flexibility index (Phi) is 2.60. The van der Waals surface area contributed by atoms with E-state index in [-0.39, 0.29) is 5.91 Å². The molecule has 0 unspecified atom stereocenters. The van der Waals surface area contributed by atoms with E-state index in [0.717, 1.165) is 34.5 Å². The lowest BCUT2D eigenvalue weighted by Crippen LogP contribution is -2.18. The second-order valence-corrected chi connectivity index (χ2v) is 4.39. The van der Waals surface area contributed by atoms with Crippen LogP contribution in [0.15, 0.2) is 24.4 Å². The van der Waals surface area contributed by atoms with Gasteiger partial charge in [0.1, 0.15) is 0 Å². The summed E-state index contributed by atoms with van der Waals surface area (Å²) in [5.41, 5.74) is 10.7. The minimum Gasteiger partial charge on any atom is -0.326 e. The van der Waals surface area contributed by atoms with Gasteiger partial charge in [0.15, 0.2) is 0 Å². The topological polar surface area (TPSA) is 83.8 Å². The maximum absolute atomic E-state index is 11.3. The third-order valence-corrected chi connectivity index (χ3v) is 3.23. The molecule has 0 spiro atoms. The molecule has 1 aliphatic heterocycles. The summed E-state index contributed by atoms with van der Waals surface area (Å²) in [4.78, 5) is 11.3. The average molecular weight is 242 g/mol. The normalized spacial score (nSPS) is 14.2. The molecule has 4 N–H and O–H groups in total. The lowest BCUT2D eigenvalue weighted by molar-refractivity contribution is -0.116. The van der Waals surface area contributed by atoms with Crippen molar-refractivity contribution < 1.29 is 4.79 Å². The zero-order valence-electron chi connectivity index (χ0n) is 9.86. The van der Waals surface area contributed by atoms with Crippen molar-refractivity contribution in [2.24, 2.45) is 5.73 Å². The van der Waals surface area contributed by atoms with Crippen molar-refractivity contribution in [3.05, 3.63) is 35.5 Å². The zero-order valence-corrected chi connectivity index (χ0v) is 9.86. The summed E-state index contributed by atoms with van der Waals surface area (Å²) < 4.78 is 0. The Bertz CT molecular complexity index is 603. The van der Waals surface area contributed by atoms with Gasteiger partial charge >= 0.3 is 0 Å². The molecular formula is C13H14N4O. The van der Waals surface area contributed by atoms with E-state index < -0.39 is 0 Å². The molecule has 1 aliphatic rings. The van der Waals surface area contributed by atoms with E-state index in [1.807, 2.05) is 12.1 Å². The Morgan fingerprint density at radius 3 is 3.06 bits per heavy atom. The first-order valence-corrected chi connectivity index (χ1v) is 5.93. The maximum atomic E-state index is 11.3. The molecule has 18 heavy (non-hydrogen) atoms. The van der Waals surface area contributed by atoms with Crippen molar-refractivity contribution in [2.45, 2.75) is 19.4 Å². The molecule has 5 heteroatoms. The number of anilines is 1. The Labute approximate surface area is 104 Å². The second kappa shape index (κ2) is 4.27. The van der Waals surface area contributed by atoms with Crippen LogP contribution in [-0.4, -0.2) is 16.1 Å². The van der Waals surface area contributed by atoms with Crippen molar-refractivity contribution in [2.75, 3.05) is 5.32 Å². The van der Waals surface area contributed by atoms with Gasteiger partial charge in [0.2, 0.25) is 5.91 Å². The van der Waals surface area contributed by atoms with Gasteiger partial charge in [-0.25, -0.2) is 0 Å². The van der Waals surface area contributed by atoms with Crippen LogP contribution < -0.4 is 11.1 Å². The van der Waals surface area contributed by atoms with Crippen LogP contribution in [0.3, 0.4) is 0 Å². The van der Waals surface area contributed by atoms with Gasteiger partial charge in [0.05, 0.1) is 11.9 Å². The Morgan fingerprint density at radius 1 is 1.33 bits per heavy atom. The van der Waals surface area contributed by atoms with E-state index >= 15 is 0 Å². The van der Waals surface area contributed by atoms with Crippen molar-refractivity contribution in [3.63, 3.8) is 0 Å². The molecule has 0 aliphatic carbocycles. The number of aromatic amines is 1. The molecule has 1 aromatic carbocycles. The van der Waals surface area contributed by atoms with Crippen LogP contribution in [0.5, 0.6) is 0 Å². The first-order valence-electron chi connectivity index (χ1n) is 5.93. The highest BCUT2D eigenvalue weighted by molar-refractivity contribution is 5.94. The highest BCUT2D eigenvalue weighted by atomic mass is 16.1. The summed E-state index contributed by atoms with van der Waals surface area (Å²) >= 11 is 0. The second-order valence-electron chi connectivity index (χ2n) is 4.39. The molecule has 0 saturated heterocycles. The number of H-pyrrole nitrogens is 1. The first kappa shape index (κ1) is 11.0. The number of aryl methyl sites for hydroxylation is 1. The number of rotatable bonds is 2. The number of aromatic nitrogens is 2. The van der Waals surface area contributed by atoms with Gasteiger partial charge in [-0.3, -0.25) is 9.89 Å². The predicted octanol–water partition coefficient (Wildman–Crippen LogP) is 1.42. The Morgan fingerprint density at radius 2 is 2.22 bits per heavy atom. The third-order valence-electron chi connectivity index (χ3n) is 3.23. The fourth-order valence-corrected chi connectivity index (χ4v) is 2.25. The van der Waals surface area contributed by atoms with Crippen molar-refractivity contribution in [1.29, 1.82) is 0 Å². The number of nitrogens with zero attached hydrogens (tertiary/aromatic N) is 1. The quantitative estimate of drug-likeness (QED) is 0.744. The van der Waals surface area contributed by atoms with E-state index in [1.165, 1.54) is 0 Å². The Balaban J connectivity index is 2.02. The van der Waals surface area contributed by atoms with Crippen molar-refractivity contribution >= 4 is 11.6 Å². The molecule has 0 radical (unpaired) electrons. The maximum Gasteiger partial charge on any atom is 0.224 e. The van der Waals surface area contributed by atoms with Crippen molar-refractivity contribution in [3.8, 4) is 11.3 Å². The molecule has 2 heterocycles. The smallest absolute Gasteiger partial charge is 0.224 e. The summed E-state index contributed by atoms with van der Waals surface area (Å²) in [5.74, 6) is 0.0828. The molecule has 0 atom stereocenters. The summed E-state index contributed by atoms with van der Waals surface area (Å²) in [6, 6.07) is 5.99. The lowest BCUT2D eigenvalue weighted by atomic mass is 9.98. The van der Waals surface area contributed by atoms with Crippen LogP contribution in [0.1, 0.15) is 17.5 Å². The number of hydrogen-bond acceptors (Lipinski definition) is 3. The Hall–Kier alpha value is -2.14. The fraction of sp³-hybridized carbons (Fsp3) is 0.231. The fourth-order valence-electron chi connectivity index (χ4n) is 2.25. The van der Waals surface area contributed by atoms with Gasteiger partial charge in [0.25, 0.3) is 0 Å². The summed E-state index contributed by atoms with van der Waals surface area (Å²) in [5, 5.41) is 9.86. The molecule has 0 saturated carbocycles. The highest BCUT2D eigenvalue weighted by Crippen LogP contribution is 2.29. The lowest BCUT2D eigenvalue weighted by Gasteiger charge is -2.17. The van der Waals surface area contributed by atoms with Crippen LogP contribution in [0, 0.1) is 0 Å². The molecule has 5 nitrogen and oxygen atoms in total. The minimum absolute atomic E-state index is 0.0828. The van der Waals surface area contributed by atoms with Gasteiger partial charge in [-0.15, -0.1) is 0 Å². The number of carbonyl (C=O) groups is 1. The summed E-state index contributed by atoms with van der Waals surface area (Å²) in [7, 11) is 0. The molecule has 2 aromatic rings. The van der Waals surface area contributed by atoms with E-state index in [2.05, 4.69) is 21.6 Å². The minimum atomic E-state index is 0.0828. The molecule has 0 fully saturated rings. The van der Waals surface area contributed by atoms with Gasteiger partial charge in [-0.05, 0) is 24.1 Å². The number of fused-ring (bicyclic) bond motifs is 1. The SMILES string of the molecule is NCc1cn[nH]c1-c1ccc2c(c1)CCC(=O)N2. The molecular weight excluding hydrogens is 228 g/mol. The van der Waals surface area contributed by atoms with E-state index in [4.69, 9.17) is 5.73 Å². The van der Waals surface area contributed by atoms with Crippen LogP contribution in [0.25, 0.3) is 11.3 Å². The molecule has 3 rings (SSSR count). The number of hydrogen-bond donors (Lipinski definition) is 3. The summed E-state index contributed by atoms with van der Waals surface area (Å²) in [6.45, 7) is 0.458.